The zero-order valence-electron chi connectivity index (χ0n) is 17.6. The van der Waals surface area contributed by atoms with Crippen LogP contribution in [0.15, 0.2) is 0 Å². The molecule has 1 saturated carbocycles. The Morgan fingerprint density at radius 2 is 1.32 bits per heavy atom. The van der Waals surface area contributed by atoms with Crippen molar-refractivity contribution in [1.29, 1.82) is 0 Å². The fourth-order valence-electron chi connectivity index (χ4n) is 4.17. The molecule has 5 nitrogen and oxygen atoms in total. The molecule has 0 aromatic heterocycles. The van der Waals surface area contributed by atoms with E-state index in [0.29, 0.717) is 18.9 Å². The summed E-state index contributed by atoms with van der Waals surface area (Å²) in [5.74, 6) is 0.0839. The Labute approximate surface area is 178 Å². The van der Waals surface area contributed by atoms with E-state index in [-0.39, 0.29) is 24.2 Å². The summed E-state index contributed by atoms with van der Waals surface area (Å²) >= 11 is 0. The van der Waals surface area contributed by atoms with E-state index < -0.39 is 5.97 Å². The Hall–Kier alpha value is -0.810. The lowest BCUT2D eigenvalue weighted by molar-refractivity contribution is -0.137. The Balaban J connectivity index is 0.00000729. The van der Waals surface area contributed by atoms with E-state index in [1.165, 1.54) is 57.8 Å². The molecule has 0 saturated heterocycles. The lowest BCUT2D eigenvalue weighted by atomic mass is 9.79. The first-order chi connectivity index (χ1) is 13.1. The van der Waals surface area contributed by atoms with Gasteiger partial charge in [-0.15, -0.1) is 12.4 Å². The van der Waals surface area contributed by atoms with Crippen molar-refractivity contribution in [2.24, 2.45) is 17.6 Å². The molecule has 0 radical (unpaired) electrons. The van der Waals surface area contributed by atoms with Crippen molar-refractivity contribution < 1.29 is 14.7 Å². The molecule has 0 aromatic rings. The van der Waals surface area contributed by atoms with Crippen molar-refractivity contribution in [3.63, 3.8) is 0 Å². The molecule has 0 spiro atoms. The number of hydrogen-bond donors (Lipinski definition) is 3. The molecule has 0 aromatic carbocycles. The van der Waals surface area contributed by atoms with Crippen molar-refractivity contribution in [2.75, 3.05) is 13.1 Å². The number of nitrogens with one attached hydrogen (secondary N) is 1. The predicted molar refractivity (Wildman–Crippen MR) is 118 cm³/mol. The van der Waals surface area contributed by atoms with E-state index >= 15 is 0 Å². The Morgan fingerprint density at radius 1 is 0.821 bits per heavy atom. The summed E-state index contributed by atoms with van der Waals surface area (Å²) in [6.45, 7) is 1.45. The second kappa shape index (κ2) is 18.2. The van der Waals surface area contributed by atoms with E-state index in [0.717, 1.165) is 45.1 Å². The highest BCUT2D eigenvalue weighted by Gasteiger charge is 2.29. The predicted octanol–water partition coefficient (Wildman–Crippen LogP) is 5.06. The first-order valence-corrected chi connectivity index (χ1v) is 11.3. The third kappa shape index (κ3) is 13.4. The maximum Gasteiger partial charge on any atom is 0.303 e. The fourth-order valence-corrected chi connectivity index (χ4v) is 4.17. The van der Waals surface area contributed by atoms with Gasteiger partial charge in [-0.3, -0.25) is 9.59 Å². The molecular formula is C22H43ClN2O3. The standard InChI is InChI=1S/C22H42N2O3.ClH/c23-18-19-14-11-12-15-20(19)22(27)24-17-13-9-7-5-3-1-2-4-6-8-10-16-21(25)26;/h19-20H,1-18,23H2,(H,24,27)(H,25,26);1H. The van der Waals surface area contributed by atoms with Crippen LogP contribution in [0.4, 0.5) is 0 Å². The SMILES string of the molecule is Cl.NCC1CCCCC1C(=O)NCCCCCCCCCCCCCC(=O)O. The van der Waals surface area contributed by atoms with Gasteiger partial charge in [0.15, 0.2) is 0 Å². The summed E-state index contributed by atoms with van der Waals surface area (Å²) in [6, 6.07) is 0. The van der Waals surface area contributed by atoms with Gasteiger partial charge in [0.1, 0.15) is 0 Å². The molecule has 1 aliphatic carbocycles. The molecular weight excluding hydrogens is 376 g/mol. The van der Waals surface area contributed by atoms with Crippen LogP contribution < -0.4 is 11.1 Å². The first-order valence-electron chi connectivity index (χ1n) is 11.3. The van der Waals surface area contributed by atoms with Crippen molar-refractivity contribution in [1.82, 2.24) is 5.32 Å². The van der Waals surface area contributed by atoms with Crippen molar-refractivity contribution in [3.05, 3.63) is 0 Å². The second-order valence-electron chi connectivity index (χ2n) is 8.21. The van der Waals surface area contributed by atoms with Crippen LogP contribution in [-0.4, -0.2) is 30.1 Å². The number of carboxylic acid groups (broad SMARTS) is 1. The van der Waals surface area contributed by atoms with E-state index in [4.69, 9.17) is 10.8 Å². The third-order valence-corrected chi connectivity index (χ3v) is 5.92. The number of nitrogens with two attached hydrogens (primary N) is 1. The number of amides is 1. The minimum absolute atomic E-state index is 0. The van der Waals surface area contributed by atoms with Crippen LogP contribution in [-0.2, 0) is 9.59 Å². The van der Waals surface area contributed by atoms with Gasteiger partial charge >= 0.3 is 5.97 Å². The van der Waals surface area contributed by atoms with Crippen LogP contribution in [0.5, 0.6) is 0 Å². The maximum absolute atomic E-state index is 12.3. The molecule has 1 amide bonds. The van der Waals surface area contributed by atoms with Gasteiger partial charge in [0.25, 0.3) is 0 Å². The lowest BCUT2D eigenvalue weighted by Gasteiger charge is -2.29. The quantitative estimate of drug-likeness (QED) is 0.305. The number of hydrogen-bond acceptors (Lipinski definition) is 3. The zero-order chi connectivity index (χ0) is 19.7. The van der Waals surface area contributed by atoms with Gasteiger partial charge in [0.05, 0.1) is 0 Å². The van der Waals surface area contributed by atoms with Crippen LogP contribution in [0.25, 0.3) is 0 Å². The van der Waals surface area contributed by atoms with E-state index in [1.54, 1.807) is 0 Å². The molecule has 28 heavy (non-hydrogen) atoms. The summed E-state index contributed by atoms with van der Waals surface area (Å²) in [6.07, 6.45) is 17.7. The lowest BCUT2D eigenvalue weighted by Crippen LogP contribution is -2.39. The number of carbonyl (C=O) groups is 2. The zero-order valence-corrected chi connectivity index (χ0v) is 18.4. The number of rotatable bonds is 16. The van der Waals surface area contributed by atoms with Crippen LogP contribution in [0, 0.1) is 11.8 Å². The highest BCUT2D eigenvalue weighted by atomic mass is 35.5. The second-order valence-corrected chi connectivity index (χ2v) is 8.21. The van der Waals surface area contributed by atoms with E-state index in [9.17, 15) is 9.59 Å². The van der Waals surface area contributed by atoms with Crippen LogP contribution in [0.1, 0.15) is 103 Å². The molecule has 6 heteroatoms. The molecule has 1 fully saturated rings. The van der Waals surface area contributed by atoms with Gasteiger partial charge in [-0.2, -0.15) is 0 Å². The van der Waals surface area contributed by atoms with Crippen LogP contribution in [0.2, 0.25) is 0 Å². The smallest absolute Gasteiger partial charge is 0.303 e. The van der Waals surface area contributed by atoms with Crippen LogP contribution in [0.3, 0.4) is 0 Å². The van der Waals surface area contributed by atoms with Crippen molar-refractivity contribution >= 4 is 24.3 Å². The van der Waals surface area contributed by atoms with Gasteiger partial charge in [0, 0.05) is 18.9 Å². The summed E-state index contributed by atoms with van der Waals surface area (Å²) in [7, 11) is 0. The minimum atomic E-state index is -0.677. The molecule has 0 aliphatic heterocycles. The number of carbonyl (C=O) groups excluding carboxylic acids is 1. The Morgan fingerprint density at radius 3 is 1.86 bits per heavy atom. The molecule has 1 aliphatic rings. The van der Waals surface area contributed by atoms with Gasteiger partial charge in [-0.05, 0) is 38.1 Å². The van der Waals surface area contributed by atoms with Crippen LogP contribution >= 0.6 is 12.4 Å². The Bertz CT molecular complexity index is 407. The number of halogens is 1. The normalized spacial score (nSPS) is 19.0. The average molecular weight is 419 g/mol. The summed E-state index contributed by atoms with van der Waals surface area (Å²) < 4.78 is 0. The van der Waals surface area contributed by atoms with Gasteiger partial charge in [0.2, 0.25) is 5.91 Å². The van der Waals surface area contributed by atoms with Gasteiger partial charge in [-0.1, -0.05) is 70.6 Å². The molecule has 166 valence electrons. The molecule has 1 rings (SSSR count). The summed E-state index contributed by atoms with van der Waals surface area (Å²) in [4.78, 5) is 22.7. The average Bonchev–Trinajstić information content (AvgIpc) is 2.67. The largest absolute Gasteiger partial charge is 0.481 e. The van der Waals surface area contributed by atoms with E-state index in [2.05, 4.69) is 5.32 Å². The highest BCUT2D eigenvalue weighted by Crippen LogP contribution is 2.29. The molecule has 0 bridgehead atoms. The fraction of sp³-hybridized carbons (Fsp3) is 0.909. The number of carboxylic acids is 1. The number of unbranched alkanes of at least 4 members (excludes halogenated alkanes) is 10. The Kier molecular flexibility index (Phi) is 17.7. The van der Waals surface area contributed by atoms with Gasteiger partial charge in [-0.25, -0.2) is 0 Å². The van der Waals surface area contributed by atoms with Crippen molar-refractivity contribution in [2.45, 2.75) is 103 Å². The summed E-state index contributed by atoms with van der Waals surface area (Å²) in [5, 5.41) is 11.7. The molecule has 0 heterocycles. The summed E-state index contributed by atoms with van der Waals surface area (Å²) in [5.41, 5.74) is 5.82. The van der Waals surface area contributed by atoms with Gasteiger partial charge < -0.3 is 16.2 Å². The number of aliphatic carboxylic acids is 1. The minimum Gasteiger partial charge on any atom is -0.481 e. The van der Waals surface area contributed by atoms with Crippen molar-refractivity contribution in [3.8, 4) is 0 Å². The molecule has 2 atom stereocenters. The highest BCUT2D eigenvalue weighted by molar-refractivity contribution is 5.85. The third-order valence-electron chi connectivity index (χ3n) is 5.92. The maximum atomic E-state index is 12.3. The first kappa shape index (κ1) is 27.2. The van der Waals surface area contributed by atoms with E-state index in [1.807, 2.05) is 0 Å². The topological polar surface area (TPSA) is 92.4 Å². The monoisotopic (exact) mass is 418 g/mol. The molecule has 4 N–H and O–H groups in total. The molecule has 2 unspecified atom stereocenters.